The molecule has 0 N–H and O–H groups in total. The van der Waals surface area contributed by atoms with Gasteiger partial charge in [-0.1, -0.05) is 46.6 Å². The van der Waals surface area contributed by atoms with Crippen molar-refractivity contribution in [3.05, 3.63) is 30.1 Å². The first-order valence-corrected chi connectivity index (χ1v) is 15.3. The molecule has 3 unspecified atom stereocenters. The summed E-state index contributed by atoms with van der Waals surface area (Å²) in [6, 6.07) is 5.93. The fourth-order valence-corrected chi connectivity index (χ4v) is 5.26. The van der Waals surface area contributed by atoms with Crippen molar-refractivity contribution in [3.63, 3.8) is 0 Å². The van der Waals surface area contributed by atoms with Crippen molar-refractivity contribution in [1.82, 2.24) is 19.7 Å². The van der Waals surface area contributed by atoms with Crippen LogP contribution in [0.4, 0.5) is 8.78 Å². The number of hydrogen-bond donors (Lipinski definition) is 0. The zero-order chi connectivity index (χ0) is 29.6. The van der Waals surface area contributed by atoms with E-state index in [2.05, 4.69) is 42.5 Å². The number of aromatic nitrogens is 1. The highest BCUT2D eigenvalue weighted by atomic mass is 19.3. The third-order valence-corrected chi connectivity index (χ3v) is 7.67. The van der Waals surface area contributed by atoms with Crippen LogP contribution >= 0.6 is 0 Å². The van der Waals surface area contributed by atoms with E-state index >= 15 is 0 Å². The molecule has 3 saturated heterocycles. The van der Waals surface area contributed by atoms with Gasteiger partial charge in [0.05, 0.1) is 44.3 Å². The van der Waals surface area contributed by atoms with Crippen molar-refractivity contribution < 1.29 is 23.0 Å². The van der Waals surface area contributed by atoms with Crippen molar-refractivity contribution in [3.8, 4) is 0 Å². The highest BCUT2D eigenvalue weighted by molar-refractivity contribution is 5.02. The minimum Gasteiger partial charge on any atom is -0.373 e. The van der Waals surface area contributed by atoms with Gasteiger partial charge in [-0.15, -0.1) is 0 Å². The predicted molar refractivity (Wildman–Crippen MR) is 158 cm³/mol. The Hall–Kier alpha value is -1.23. The van der Waals surface area contributed by atoms with Crippen LogP contribution in [0.25, 0.3) is 0 Å². The summed E-state index contributed by atoms with van der Waals surface area (Å²) >= 11 is 0. The summed E-state index contributed by atoms with van der Waals surface area (Å²) in [6.07, 6.45) is 5.38. The first-order valence-electron chi connectivity index (χ1n) is 15.3. The molecule has 40 heavy (non-hydrogen) atoms. The minimum atomic E-state index is -2.79. The average Bonchev–Trinajstić information content (AvgIpc) is 3.51. The summed E-state index contributed by atoms with van der Waals surface area (Å²) in [4.78, 5) is 10.7. The summed E-state index contributed by atoms with van der Waals surface area (Å²) in [5, 5.41) is 0. The number of hydrogen-bond acceptors (Lipinski definition) is 7. The third kappa shape index (κ3) is 11.9. The fourth-order valence-electron chi connectivity index (χ4n) is 5.26. The van der Waals surface area contributed by atoms with Crippen molar-refractivity contribution >= 4 is 0 Å². The zero-order valence-corrected chi connectivity index (χ0v) is 26.2. The first kappa shape index (κ1) is 35.0. The van der Waals surface area contributed by atoms with Crippen LogP contribution in [0.15, 0.2) is 24.4 Å². The second-order valence-corrected chi connectivity index (χ2v) is 11.9. The molecule has 0 aliphatic carbocycles. The number of nitrogens with zero attached hydrogens (tertiary/aromatic N) is 4. The number of likely N-dealkylation sites (tertiary alicyclic amines) is 2. The van der Waals surface area contributed by atoms with Gasteiger partial charge in [-0.2, -0.15) is 0 Å². The van der Waals surface area contributed by atoms with Gasteiger partial charge >= 0.3 is 0 Å². The van der Waals surface area contributed by atoms with E-state index in [0.717, 1.165) is 51.1 Å². The van der Waals surface area contributed by atoms with Crippen molar-refractivity contribution in [2.45, 2.75) is 104 Å². The molecule has 4 rings (SSSR count). The van der Waals surface area contributed by atoms with Gasteiger partial charge in [-0.05, 0) is 52.4 Å². The van der Waals surface area contributed by atoms with Crippen molar-refractivity contribution in [2.75, 3.05) is 66.1 Å². The van der Waals surface area contributed by atoms with Gasteiger partial charge in [-0.25, -0.2) is 8.78 Å². The van der Waals surface area contributed by atoms with E-state index in [0.29, 0.717) is 25.9 Å². The molecule has 232 valence electrons. The van der Waals surface area contributed by atoms with E-state index in [1.165, 1.54) is 13.0 Å². The number of morpholine rings is 1. The third-order valence-electron chi connectivity index (χ3n) is 7.67. The van der Waals surface area contributed by atoms with Crippen LogP contribution < -0.4 is 0 Å². The number of rotatable bonds is 10. The van der Waals surface area contributed by atoms with Crippen molar-refractivity contribution in [1.29, 1.82) is 0 Å². The van der Waals surface area contributed by atoms with Gasteiger partial charge in [-0.3, -0.25) is 9.88 Å². The lowest BCUT2D eigenvalue weighted by Gasteiger charge is -2.35. The van der Waals surface area contributed by atoms with E-state index in [1.807, 2.05) is 50.2 Å². The van der Waals surface area contributed by atoms with E-state index in [4.69, 9.17) is 14.2 Å². The van der Waals surface area contributed by atoms with Gasteiger partial charge in [0.15, 0.2) is 0 Å². The number of pyridine rings is 1. The molecule has 3 fully saturated rings. The summed E-state index contributed by atoms with van der Waals surface area (Å²) in [6.45, 7) is 19.2. The molecule has 3 atom stereocenters. The van der Waals surface area contributed by atoms with E-state index in [9.17, 15) is 8.78 Å². The highest BCUT2D eigenvalue weighted by Gasteiger charge is 2.52. The summed E-state index contributed by atoms with van der Waals surface area (Å²) in [7, 11) is 2.01. The first-order chi connectivity index (χ1) is 19.0. The molecule has 0 radical (unpaired) electrons. The van der Waals surface area contributed by atoms with Gasteiger partial charge in [0.25, 0.3) is 5.92 Å². The molecule has 7 nitrogen and oxygen atoms in total. The van der Waals surface area contributed by atoms with E-state index in [1.54, 1.807) is 0 Å². The Balaban J connectivity index is 0.000000269. The second kappa shape index (κ2) is 17.7. The highest BCUT2D eigenvalue weighted by Crippen LogP contribution is 2.36. The van der Waals surface area contributed by atoms with Crippen LogP contribution in [0.3, 0.4) is 0 Å². The number of alkyl halides is 2. The molecular formula is C31H56F2N4O3. The van der Waals surface area contributed by atoms with Crippen LogP contribution in [-0.4, -0.2) is 116 Å². The normalized spacial score (nSPS) is 25.7. The molecular weight excluding hydrogens is 514 g/mol. The second-order valence-electron chi connectivity index (χ2n) is 11.9. The van der Waals surface area contributed by atoms with Gasteiger partial charge in [0, 0.05) is 44.5 Å². The zero-order valence-electron chi connectivity index (χ0n) is 26.2. The topological polar surface area (TPSA) is 50.3 Å². The maximum Gasteiger partial charge on any atom is 0.287 e. The maximum atomic E-state index is 14.2. The lowest BCUT2D eigenvalue weighted by molar-refractivity contribution is -0.137. The predicted octanol–water partition coefficient (Wildman–Crippen LogP) is 5.34. The van der Waals surface area contributed by atoms with E-state index < -0.39 is 12.0 Å². The van der Waals surface area contributed by atoms with Crippen LogP contribution in [0.2, 0.25) is 0 Å². The molecule has 1 aromatic heterocycles. The lowest BCUT2D eigenvalue weighted by Crippen LogP contribution is -2.44. The molecule has 0 saturated carbocycles. The minimum absolute atomic E-state index is 0.104. The molecule has 0 spiro atoms. The summed E-state index contributed by atoms with van der Waals surface area (Å²) in [5.41, 5.74) is 0.810. The smallest absolute Gasteiger partial charge is 0.287 e. The Morgan fingerprint density at radius 3 is 2.42 bits per heavy atom. The lowest BCUT2D eigenvalue weighted by atomic mass is 9.97. The Morgan fingerprint density at radius 2 is 1.82 bits per heavy atom. The summed E-state index contributed by atoms with van der Waals surface area (Å²) < 4.78 is 45.5. The number of halogens is 2. The van der Waals surface area contributed by atoms with Crippen LogP contribution in [0.1, 0.15) is 72.9 Å². The standard InChI is InChI=1S/C16H30F2N2O2.C12H18N2O.C3H8/c1-5-6-15(2,3)20-10-14(16(17,18)12-20)22-11-13-9-19(4)7-8-21-13;1-2-14-8-6-12(9-14)15-10-11-5-3-4-7-13-11;1-3-2/h13-14H,5-12H2,1-4H3;3-5,7,12H,2,6,8-10H2,1H3;3H2,1-2H3. The molecule has 0 amide bonds. The average molecular weight is 571 g/mol. The Morgan fingerprint density at radius 1 is 1.07 bits per heavy atom. The van der Waals surface area contributed by atoms with E-state index in [-0.39, 0.29) is 24.8 Å². The molecule has 3 aliphatic rings. The van der Waals surface area contributed by atoms with Crippen LogP contribution in [0.5, 0.6) is 0 Å². The molecule has 3 aliphatic heterocycles. The molecule has 0 aromatic carbocycles. The maximum absolute atomic E-state index is 14.2. The number of likely N-dealkylation sites (N-methyl/N-ethyl adjacent to an activating group) is 2. The largest absolute Gasteiger partial charge is 0.373 e. The summed E-state index contributed by atoms with van der Waals surface area (Å²) in [5.74, 6) is -2.79. The van der Waals surface area contributed by atoms with Crippen LogP contribution in [0, 0.1) is 0 Å². The Labute approximate surface area is 242 Å². The SMILES string of the molecule is CCC.CCCC(C)(C)N1CC(OCC2CN(C)CCO2)C(F)(F)C1.CCN1CCC(OCc2ccccn2)C1. The van der Waals surface area contributed by atoms with Crippen molar-refractivity contribution in [2.24, 2.45) is 0 Å². The monoisotopic (exact) mass is 570 g/mol. The molecule has 4 heterocycles. The molecule has 9 heteroatoms. The quantitative estimate of drug-likeness (QED) is 0.376. The number of ether oxygens (including phenoxy) is 3. The van der Waals surface area contributed by atoms with Gasteiger partial charge in [0.2, 0.25) is 0 Å². The molecule has 1 aromatic rings. The van der Waals surface area contributed by atoms with Crippen LogP contribution in [-0.2, 0) is 20.8 Å². The Bertz CT molecular complexity index is 802. The molecule has 0 bridgehead atoms. The fraction of sp³-hybridized carbons (Fsp3) is 0.839. The van der Waals surface area contributed by atoms with Gasteiger partial charge in [0.1, 0.15) is 6.10 Å². The van der Waals surface area contributed by atoms with Gasteiger partial charge < -0.3 is 24.0 Å². The Kier molecular flexibility index (Phi) is 15.4.